The minimum Gasteiger partial charge on any atom is -0.389 e. The van der Waals surface area contributed by atoms with Gasteiger partial charge in [-0.1, -0.05) is 12.1 Å². The molecule has 1 aromatic rings. The van der Waals surface area contributed by atoms with Crippen LogP contribution in [0.4, 0.5) is 0 Å². The molecule has 0 atom stereocenters. The molecule has 0 unspecified atom stereocenters. The summed E-state index contributed by atoms with van der Waals surface area (Å²) in [5.41, 5.74) is 0.260. The molecule has 0 aliphatic heterocycles. The zero-order chi connectivity index (χ0) is 13.2. The van der Waals surface area contributed by atoms with E-state index < -0.39 is 5.60 Å². The Labute approximate surface area is 101 Å². The van der Waals surface area contributed by atoms with Crippen molar-refractivity contribution in [3.05, 3.63) is 17.0 Å². The summed E-state index contributed by atoms with van der Waals surface area (Å²) in [6.45, 7) is 7.23. The summed E-state index contributed by atoms with van der Waals surface area (Å²) < 4.78 is 5.03. The molecule has 0 aliphatic carbocycles. The quantitative estimate of drug-likeness (QED) is 0.863. The molecule has 0 radical (unpaired) electrons. The molecular formula is C12H20N2O3. The molecule has 0 aliphatic rings. The van der Waals surface area contributed by atoms with Gasteiger partial charge in [0.15, 0.2) is 0 Å². The van der Waals surface area contributed by atoms with E-state index in [1.165, 1.54) is 4.90 Å². The topological polar surface area (TPSA) is 66.6 Å². The van der Waals surface area contributed by atoms with E-state index in [1.807, 2.05) is 6.92 Å². The van der Waals surface area contributed by atoms with Crippen molar-refractivity contribution in [1.29, 1.82) is 0 Å². The standard InChI is InChI=1S/C12H20N2O3/c1-6-9-10(8(2)17-13-9)11(15)14(5)7-12(3,4)16/h16H,6-7H2,1-5H3. The van der Waals surface area contributed by atoms with Gasteiger partial charge < -0.3 is 14.5 Å². The zero-order valence-corrected chi connectivity index (χ0v) is 11.1. The largest absolute Gasteiger partial charge is 0.389 e. The Balaban J connectivity index is 2.92. The summed E-state index contributed by atoms with van der Waals surface area (Å²) in [6.07, 6.45) is 0.648. The summed E-state index contributed by atoms with van der Waals surface area (Å²) in [6, 6.07) is 0. The number of hydrogen-bond acceptors (Lipinski definition) is 4. The molecule has 5 heteroatoms. The lowest BCUT2D eigenvalue weighted by atomic mass is 10.1. The first-order chi connectivity index (χ1) is 7.76. The predicted molar refractivity (Wildman–Crippen MR) is 63.9 cm³/mol. The van der Waals surface area contributed by atoms with E-state index in [4.69, 9.17) is 4.52 Å². The van der Waals surface area contributed by atoms with Crippen molar-refractivity contribution in [2.45, 2.75) is 39.7 Å². The van der Waals surface area contributed by atoms with E-state index >= 15 is 0 Å². The molecule has 0 saturated carbocycles. The Kier molecular flexibility index (Phi) is 3.93. The van der Waals surface area contributed by atoms with Crippen molar-refractivity contribution in [3.63, 3.8) is 0 Å². The van der Waals surface area contributed by atoms with Gasteiger partial charge in [0.25, 0.3) is 5.91 Å². The summed E-state index contributed by atoms with van der Waals surface area (Å²) in [7, 11) is 1.66. The molecule has 0 spiro atoms. The van der Waals surface area contributed by atoms with Gasteiger partial charge in [-0.3, -0.25) is 4.79 Å². The van der Waals surface area contributed by atoms with Crippen LogP contribution in [0.25, 0.3) is 0 Å². The molecule has 1 N–H and O–H groups in total. The number of aliphatic hydroxyl groups is 1. The Morgan fingerprint density at radius 3 is 2.59 bits per heavy atom. The van der Waals surface area contributed by atoms with Crippen molar-refractivity contribution in [3.8, 4) is 0 Å². The van der Waals surface area contributed by atoms with Gasteiger partial charge in [-0.05, 0) is 27.2 Å². The number of carbonyl (C=O) groups excluding carboxylic acids is 1. The van der Waals surface area contributed by atoms with Gasteiger partial charge in [0.2, 0.25) is 0 Å². The maximum Gasteiger partial charge on any atom is 0.259 e. The second-order valence-corrected chi connectivity index (χ2v) is 4.89. The van der Waals surface area contributed by atoms with Crippen LogP contribution in [-0.4, -0.2) is 40.3 Å². The lowest BCUT2D eigenvalue weighted by Gasteiger charge is -2.25. The predicted octanol–water partition coefficient (Wildman–Crippen LogP) is 1.39. The van der Waals surface area contributed by atoms with Gasteiger partial charge >= 0.3 is 0 Å². The van der Waals surface area contributed by atoms with Crippen LogP contribution in [0.15, 0.2) is 4.52 Å². The number of nitrogens with zero attached hydrogens (tertiary/aromatic N) is 2. The number of likely N-dealkylation sites (N-methyl/N-ethyl adjacent to an activating group) is 1. The van der Waals surface area contributed by atoms with Crippen LogP contribution in [0.3, 0.4) is 0 Å². The third-order valence-electron chi connectivity index (χ3n) is 2.45. The molecule has 0 fully saturated rings. The van der Waals surface area contributed by atoms with E-state index in [9.17, 15) is 9.90 Å². The molecule has 0 aromatic carbocycles. The van der Waals surface area contributed by atoms with Gasteiger partial charge in [0, 0.05) is 13.6 Å². The summed E-state index contributed by atoms with van der Waals surface area (Å²) in [5.74, 6) is 0.358. The monoisotopic (exact) mass is 240 g/mol. The highest BCUT2D eigenvalue weighted by Crippen LogP contribution is 2.17. The summed E-state index contributed by atoms with van der Waals surface area (Å²) in [5, 5.41) is 13.5. The van der Waals surface area contributed by atoms with Crippen LogP contribution in [0.1, 0.15) is 42.6 Å². The minimum absolute atomic E-state index is 0.164. The van der Waals surface area contributed by atoms with Gasteiger partial charge in [-0.2, -0.15) is 0 Å². The Bertz CT molecular complexity index is 404. The third-order valence-corrected chi connectivity index (χ3v) is 2.45. The first-order valence-electron chi connectivity index (χ1n) is 5.69. The zero-order valence-electron chi connectivity index (χ0n) is 11.1. The molecule has 1 aromatic heterocycles. The van der Waals surface area contributed by atoms with Crippen molar-refractivity contribution in [2.24, 2.45) is 0 Å². The average molecular weight is 240 g/mol. The number of aryl methyl sites for hydroxylation is 2. The highest BCUT2D eigenvalue weighted by atomic mass is 16.5. The lowest BCUT2D eigenvalue weighted by molar-refractivity contribution is 0.0366. The molecule has 17 heavy (non-hydrogen) atoms. The van der Waals surface area contributed by atoms with E-state index in [0.717, 1.165) is 0 Å². The van der Waals surface area contributed by atoms with Crippen LogP contribution in [0.5, 0.6) is 0 Å². The molecule has 0 bridgehead atoms. The number of carbonyl (C=O) groups is 1. The van der Waals surface area contributed by atoms with E-state index in [-0.39, 0.29) is 12.5 Å². The molecule has 5 nitrogen and oxygen atoms in total. The fourth-order valence-corrected chi connectivity index (χ4v) is 1.78. The van der Waals surface area contributed by atoms with Gasteiger partial charge in [0.05, 0.1) is 11.3 Å². The normalized spacial score (nSPS) is 11.6. The van der Waals surface area contributed by atoms with Crippen molar-refractivity contribution < 1.29 is 14.4 Å². The highest BCUT2D eigenvalue weighted by Gasteiger charge is 2.25. The van der Waals surface area contributed by atoms with E-state index in [0.29, 0.717) is 23.4 Å². The van der Waals surface area contributed by atoms with Gasteiger partial charge in [-0.25, -0.2) is 0 Å². The van der Waals surface area contributed by atoms with Gasteiger partial charge in [-0.15, -0.1) is 0 Å². The van der Waals surface area contributed by atoms with Crippen LogP contribution < -0.4 is 0 Å². The number of rotatable bonds is 4. The SMILES string of the molecule is CCc1noc(C)c1C(=O)N(C)CC(C)(C)O. The van der Waals surface area contributed by atoms with Crippen molar-refractivity contribution in [2.75, 3.05) is 13.6 Å². The first-order valence-corrected chi connectivity index (χ1v) is 5.69. The average Bonchev–Trinajstić information content (AvgIpc) is 2.55. The van der Waals surface area contributed by atoms with E-state index in [2.05, 4.69) is 5.16 Å². The fourth-order valence-electron chi connectivity index (χ4n) is 1.78. The maximum atomic E-state index is 12.2. The second-order valence-electron chi connectivity index (χ2n) is 4.89. The van der Waals surface area contributed by atoms with Crippen LogP contribution in [0.2, 0.25) is 0 Å². The number of aromatic nitrogens is 1. The van der Waals surface area contributed by atoms with Crippen LogP contribution >= 0.6 is 0 Å². The minimum atomic E-state index is -0.915. The Morgan fingerprint density at radius 2 is 2.12 bits per heavy atom. The molecule has 96 valence electrons. The molecule has 0 saturated heterocycles. The molecular weight excluding hydrogens is 220 g/mol. The lowest BCUT2D eigenvalue weighted by Crippen LogP contribution is -2.40. The highest BCUT2D eigenvalue weighted by molar-refractivity contribution is 5.96. The van der Waals surface area contributed by atoms with Crippen LogP contribution in [-0.2, 0) is 6.42 Å². The third kappa shape index (κ3) is 3.30. The first kappa shape index (κ1) is 13.7. The molecule has 1 heterocycles. The van der Waals surface area contributed by atoms with Crippen LogP contribution in [0, 0.1) is 6.92 Å². The summed E-state index contributed by atoms with van der Waals surface area (Å²) >= 11 is 0. The van der Waals surface area contributed by atoms with E-state index in [1.54, 1.807) is 27.8 Å². The second kappa shape index (κ2) is 4.87. The maximum absolute atomic E-state index is 12.2. The Hall–Kier alpha value is -1.36. The smallest absolute Gasteiger partial charge is 0.259 e. The number of hydrogen-bond donors (Lipinski definition) is 1. The van der Waals surface area contributed by atoms with Crippen molar-refractivity contribution >= 4 is 5.91 Å². The number of amides is 1. The molecule has 1 amide bonds. The van der Waals surface area contributed by atoms with Crippen molar-refractivity contribution in [1.82, 2.24) is 10.1 Å². The Morgan fingerprint density at radius 1 is 1.53 bits per heavy atom. The van der Waals surface area contributed by atoms with Gasteiger partial charge in [0.1, 0.15) is 11.3 Å². The summed E-state index contributed by atoms with van der Waals surface area (Å²) in [4.78, 5) is 13.7. The fraction of sp³-hybridized carbons (Fsp3) is 0.667. The molecule has 1 rings (SSSR count).